The molecular formula is C15H14BrN3O2. The SMILES string of the molecule is NC(=NO)c1cccc(CNC(=O)c2ccccc2Br)c1. The fourth-order valence-electron chi connectivity index (χ4n) is 1.82. The first-order chi connectivity index (χ1) is 10.1. The summed E-state index contributed by atoms with van der Waals surface area (Å²) in [5.41, 5.74) is 7.57. The molecule has 0 aliphatic rings. The molecule has 0 bridgehead atoms. The van der Waals surface area contributed by atoms with Crippen molar-refractivity contribution in [1.82, 2.24) is 5.32 Å². The summed E-state index contributed by atoms with van der Waals surface area (Å²) in [6.45, 7) is 0.354. The average molecular weight is 348 g/mol. The summed E-state index contributed by atoms with van der Waals surface area (Å²) in [6, 6.07) is 14.3. The van der Waals surface area contributed by atoms with Crippen molar-refractivity contribution in [3.63, 3.8) is 0 Å². The molecule has 2 rings (SSSR count). The number of benzene rings is 2. The van der Waals surface area contributed by atoms with E-state index in [0.29, 0.717) is 17.7 Å². The van der Waals surface area contributed by atoms with Crippen LogP contribution in [0.3, 0.4) is 0 Å². The van der Waals surface area contributed by atoms with Gasteiger partial charge in [0.15, 0.2) is 5.84 Å². The highest BCUT2D eigenvalue weighted by Crippen LogP contribution is 2.15. The summed E-state index contributed by atoms with van der Waals surface area (Å²) in [6.07, 6.45) is 0. The van der Waals surface area contributed by atoms with Gasteiger partial charge in [-0.05, 0) is 39.7 Å². The number of halogens is 1. The van der Waals surface area contributed by atoms with Crippen LogP contribution in [0.5, 0.6) is 0 Å². The van der Waals surface area contributed by atoms with Crippen molar-refractivity contribution in [3.8, 4) is 0 Å². The van der Waals surface area contributed by atoms with Crippen molar-refractivity contribution < 1.29 is 10.0 Å². The first-order valence-electron chi connectivity index (χ1n) is 6.21. The average Bonchev–Trinajstić information content (AvgIpc) is 2.52. The summed E-state index contributed by atoms with van der Waals surface area (Å²) in [5, 5.41) is 14.4. The van der Waals surface area contributed by atoms with Crippen molar-refractivity contribution >= 4 is 27.7 Å². The van der Waals surface area contributed by atoms with Gasteiger partial charge in [0.05, 0.1) is 5.56 Å². The molecule has 2 aromatic carbocycles. The van der Waals surface area contributed by atoms with Gasteiger partial charge in [0.25, 0.3) is 5.91 Å². The van der Waals surface area contributed by atoms with E-state index in [1.807, 2.05) is 18.2 Å². The first kappa shape index (κ1) is 15.1. The van der Waals surface area contributed by atoms with E-state index in [1.165, 1.54) is 0 Å². The zero-order valence-corrected chi connectivity index (χ0v) is 12.7. The van der Waals surface area contributed by atoms with Gasteiger partial charge >= 0.3 is 0 Å². The minimum atomic E-state index is -0.170. The third-order valence-corrected chi connectivity index (χ3v) is 3.59. The number of carbonyl (C=O) groups excluding carboxylic acids is 1. The standard InChI is InChI=1S/C15H14BrN3O2/c16-13-7-2-1-6-12(13)15(20)18-9-10-4-3-5-11(8-10)14(17)19-21/h1-8,21H,9H2,(H2,17,19)(H,18,20). The Kier molecular flexibility index (Phi) is 4.94. The summed E-state index contributed by atoms with van der Waals surface area (Å²) >= 11 is 3.34. The van der Waals surface area contributed by atoms with Gasteiger partial charge in [-0.15, -0.1) is 0 Å². The molecule has 0 aromatic heterocycles. The van der Waals surface area contributed by atoms with Gasteiger partial charge in [-0.2, -0.15) is 0 Å². The molecule has 5 nitrogen and oxygen atoms in total. The molecule has 108 valence electrons. The number of nitrogens with zero attached hydrogens (tertiary/aromatic N) is 1. The van der Waals surface area contributed by atoms with Crippen LogP contribution in [0.1, 0.15) is 21.5 Å². The number of rotatable bonds is 4. The summed E-state index contributed by atoms with van der Waals surface area (Å²) < 4.78 is 0.743. The molecule has 6 heteroatoms. The van der Waals surface area contributed by atoms with Crippen LogP contribution in [0.2, 0.25) is 0 Å². The predicted octanol–water partition coefficient (Wildman–Crippen LogP) is 2.47. The molecule has 0 saturated heterocycles. The largest absolute Gasteiger partial charge is 0.409 e. The number of oxime groups is 1. The molecule has 0 unspecified atom stereocenters. The van der Waals surface area contributed by atoms with Crippen LogP contribution >= 0.6 is 15.9 Å². The quantitative estimate of drug-likeness (QED) is 0.343. The zero-order valence-electron chi connectivity index (χ0n) is 11.1. The fourth-order valence-corrected chi connectivity index (χ4v) is 2.29. The monoisotopic (exact) mass is 347 g/mol. The van der Waals surface area contributed by atoms with Crippen LogP contribution in [-0.4, -0.2) is 17.0 Å². The molecule has 0 fully saturated rings. The van der Waals surface area contributed by atoms with Crippen LogP contribution in [0.15, 0.2) is 58.2 Å². The number of hydrogen-bond donors (Lipinski definition) is 3. The van der Waals surface area contributed by atoms with Gasteiger partial charge in [-0.1, -0.05) is 35.5 Å². The van der Waals surface area contributed by atoms with Gasteiger partial charge in [-0.3, -0.25) is 4.79 Å². The Morgan fingerprint density at radius 1 is 1.24 bits per heavy atom. The van der Waals surface area contributed by atoms with E-state index >= 15 is 0 Å². The molecule has 0 heterocycles. The second kappa shape index (κ2) is 6.90. The smallest absolute Gasteiger partial charge is 0.252 e. The van der Waals surface area contributed by atoms with Gasteiger partial charge in [-0.25, -0.2) is 0 Å². The topological polar surface area (TPSA) is 87.7 Å². The van der Waals surface area contributed by atoms with Gasteiger partial charge in [0, 0.05) is 16.6 Å². The van der Waals surface area contributed by atoms with Crippen LogP contribution in [-0.2, 0) is 6.54 Å². The van der Waals surface area contributed by atoms with Crippen molar-refractivity contribution in [3.05, 3.63) is 69.7 Å². The third kappa shape index (κ3) is 3.82. The van der Waals surface area contributed by atoms with Crippen LogP contribution in [0, 0.1) is 0 Å². The molecular weight excluding hydrogens is 334 g/mol. The highest BCUT2D eigenvalue weighted by atomic mass is 79.9. The van der Waals surface area contributed by atoms with Crippen LogP contribution in [0.25, 0.3) is 0 Å². The van der Waals surface area contributed by atoms with Crippen molar-refractivity contribution in [2.45, 2.75) is 6.54 Å². The summed E-state index contributed by atoms with van der Waals surface area (Å²) in [7, 11) is 0. The van der Waals surface area contributed by atoms with Gasteiger partial charge in [0.1, 0.15) is 0 Å². The molecule has 0 aliphatic heterocycles. The number of nitrogens with two attached hydrogens (primary N) is 1. The van der Waals surface area contributed by atoms with E-state index in [-0.39, 0.29) is 11.7 Å². The molecule has 0 saturated carbocycles. The number of amides is 1. The second-order valence-corrected chi connectivity index (χ2v) is 5.20. The summed E-state index contributed by atoms with van der Waals surface area (Å²) in [4.78, 5) is 12.1. The lowest BCUT2D eigenvalue weighted by molar-refractivity contribution is 0.0950. The minimum absolute atomic E-state index is 0.0361. The molecule has 2 aromatic rings. The maximum absolute atomic E-state index is 12.1. The van der Waals surface area contributed by atoms with E-state index in [1.54, 1.807) is 30.3 Å². The maximum Gasteiger partial charge on any atom is 0.252 e. The Labute approximate surface area is 130 Å². The molecule has 0 spiro atoms. The second-order valence-electron chi connectivity index (χ2n) is 4.35. The Balaban J connectivity index is 2.07. The molecule has 0 radical (unpaired) electrons. The molecule has 0 aliphatic carbocycles. The zero-order chi connectivity index (χ0) is 15.2. The van der Waals surface area contributed by atoms with E-state index in [4.69, 9.17) is 10.9 Å². The van der Waals surface area contributed by atoms with Crippen molar-refractivity contribution in [1.29, 1.82) is 0 Å². The minimum Gasteiger partial charge on any atom is -0.409 e. The Morgan fingerprint density at radius 2 is 2.00 bits per heavy atom. The number of carbonyl (C=O) groups is 1. The van der Waals surface area contributed by atoms with Crippen molar-refractivity contribution in [2.75, 3.05) is 0 Å². The van der Waals surface area contributed by atoms with E-state index in [0.717, 1.165) is 10.0 Å². The lowest BCUT2D eigenvalue weighted by Gasteiger charge is -2.08. The number of hydrogen-bond acceptors (Lipinski definition) is 3. The third-order valence-electron chi connectivity index (χ3n) is 2.90. The Morgan fingerprint density at radius 3 is 2.71 bits per heavy atom. The van der Waals surface area contributed by atoms with E-state index in [9.17, 15) is 4.79 Å². The van der Waals surface area contributed by atoms with E-state index in [2.05, 4.69) is 26.4 Å². The lowest BCUT2D eigenvalue weighted by atomic mass is 10.1. The number of amidine groups is 1. The lowest BCUT2D eigenvalue weighted by Crippen LogP contribution is -2.23. The number of nitrogens with one attached hydrogen (secondary N) is 1. The Hall–Kier alpha value is -2.34. The highest BCUT2D eigenvalue weighted by molar-refractivity contribution is 9.10. The molecule has 21 heavy (non-hydrogen) atoms. The maximum atomic E-state index is 12.1. The summed E-state index contributed by atoms with van der Waals surface area (Å²) in [5.74, 6) is -0.134. The predicted molar refractivity (Wildman–Crippen MR) is 84.3 cm³/mol. The highest BCUT2D eigenvalue weighted by Gasteiger charge is 2.09. The van der Waals surface area contributed by atoms with Crippen molar-refractivity contribution in [2.24, 2.45) is 10.9 Å². The van der Waals surface area contributed by atoms with E-state index < -0.39 is 0 Å². The van der Waals surface area contributed by atoms with Gasteiger partial charge in [0.2, 0.25) is 0 Å². The molecule has 4 N–H and O–H groups in total. The molecule has 0 atom stereocenters. The van der Waals surface area contributed by atoms with Crippen LogP contribution < -0.4 is 11.1 Å². The van der Waals surface area contributed by atoms with Gasteiger partial charge < -0.3 is 16.3 Å². The molecule has 1 amide bonds. The normalized spacial score (nSPS) is 11.2. The van der Waals surface area contributed by atoms with Crippen LogP contribution in [0.4, 0.5) is 0 Å². The Bertz CT molecular complexity index is 686. The fraction of sp³-hybridized carbons (Fsp3) is 0.0667. The first-order valence-corrected chi connectivity index (χ1v) is 7.00.